The van der Waals surface area contributed by atoms with E-state index in [2.05, 4.69) is 0 Å². The maximum absolute atomic E-state index is 12.0. The van der Waals surface area contributed by atoms with Crippen LogP contribution in [0.1, 0.15) is 16.1 Å². The van der Waals surface area contributed by atoms with Gasteiger partial charge < -0.3 is 4.79 Å². The molecule has 0 saturated carbocycles. The first-order valence-electron chi connectivity index (χ1n) is 4.04. The summed E-state index contributed by atoms with van der Waals surface area (Å²) in [5.41, 5.74) is 0. The number of carbonyl (C=O) groups excluding carboxylic acids is 2. The minimum atomic E-state index is -4.50. The molecule has 0 bridgehead atoms. The second kappa shape index (κ2) is 4.57. The summed E-state index contributed by atoms with van der Waals surface area (Å²) in [5.74, 6) is -2.39. The Balaban J connectivity index is 2.76. The van der Waals surface area contributed by atoms with Crippen molar-refractivity contribution in [1.29, 1.82) is 0 Å². The number of hydrogen-bond acceptors (Lipinski definition) is 3. The predicted molar refractivity (Wildman–Crippen MR) is 48.9 cm³/mol. The molecule has 0 aliphatic heterocycles. The second-order valence-electron chi connectivity index (χ2n) is 2.90. The zero-order chi connectivity index (χ0) is 11.5. The van der Waals surface area contributed by atoms with Crippen LogP contribution in [-0.4, -0.2) is 18.2 Å². The number of ketones is 1. The Morgan fingerprint density at radius 2 is 2.20 bits per heavy atom. The SMILES string of the molecule is O=CC(CC(F)(F)F)C(=O)c1cccs1. The van der Waals surface area contributed by atoms with Crippen LogP contribution in [0.5, 0.6) is 0 Å². The van der Waals surface area contributed by atoms with Gasteiger partial charge in [-0.25, -0.2) is 0 Å². The molecular formula is C9H7F3O2S. The molecule has 0 saturated heterocycles. The lowest BCUT2D eigenvalue weighted by Crippen LogP contribution is -2.23. The number of rotatable bonds is 4. The lowest BCUT2D eigenvalue weighted by molar-refractivity contribution is -0.145. The maximum Gasteiger partial charge on any atom is 0.390 e. The molecule has 0 amide bonds. The van der Waals surface area contributed by atoms with Crippen LogP contribution in [0, 0.1) is 5.92 Å². The first-order valence-corrected chi connectivity index (χ1v) is 4.92. The third-order valence-corrected chi connectivity index (χ3v) is 2.60. The minimum absolute atomic E-state index is 0.0511. The summed E-state index contributed by atoms with van der Waals surface area (Å²) in [6, 6.07) is 2.95. The van der Waals surface area contributed by atoms with Crippen molar-refractivity contribution in [3.8, 4) is 0 Å². The molecule has 1 heterocycles. The summed E-state index contributed by atoms with van der Waals surface area (Å²) >= 11 is 1.02. The van der Waals surface area contributed by atoms with E-state index in [4.69, 9.17) is 0 Å². The monoisotopic (exact) mass is 236 g/mol. The Morgan fingerprint density at radius 3 is 2.60 bits per heavy atom. The highest BCUT2D eigenvalue weighted by molar-refractivity contribution is 7.12. The molecule has 0 aromatic carbocycles. The molecule has 15 heavy (non-hydrogen) atoms. The van der Waals surface area contributed by atoms with E-state index in [1.54, 1.807) is 11.4 Å². The van der Waals surface area contributed by atoms with Gasteiger partial charge in [-0.1, -0.05) is 6.07 Å². The Hall–Kier alpha value is -1.17. The Bertz CT molecular complexity index is 343. The van der Waals surface area contributed by atoms with Crippen molar-refractivity contribution in [2.45, 2.75) is 12.6 Å². The number of hydrogen-bond donors (Lipinski definition) is 0. The highest BCUT2D eigenvalue weighted by Gasteiger charge is 2.35. The molecule has 1 aromatic heterocycles. The molecule has 2 nitrogen and oxygen atoms in total. The lowest BCUT2D eigenvalue weighted by atomic mass is 10.0. The fraction of sp³-hybridized carbons (Fsp3) is 0.333. The summed E-state index contributed by atoms with van der Waals surface area (Å²) in [6.45, 7) is 0. The third kappa shape index (κ3) is 3.47. The van der Waals surface area contributed by atoms with Crippen LogP contribution in [0.4, 0.5) is 13.2 Å². The summed E-state index contributed by atoms with van der Waals surface area (Å²) in [4.78, 5) is 22.0. The van der Waals surface area contributed by atoms with Crippen molar-refractivity contribution in [2.75, 3.05) is 0 Å². The van der Waals surface area contributed by atoms with Crippen molar-refractivity contribution >= 4 is 23.4 Å². The summed E-state index contributed by atoms with van der Waals surface area (Å²) in [6.07, 6.45) is -5.85. The smallest absolute Gasteiger partial charge is 0.303 e. The highest BCUT2D eigenvalue weighted by Crippen LogP contribution is 2.26. The van der Waals surface area contributed by atoms with Gasteiger partial charge in [-0.15, -0.1) is 11.3 Å². The van der Waals surface area contributed by atoms with E-state index in [-0.39, 0.29) is 11.2 Å². The van der Waals surface area contributed by atoms with Crippen LogP contribution >= 0.6 is 11.3 Å². The van der Waals surface area contributed by atoms with Crippen molar-refractivity contribution in [2.24, 2.45) is 5.92 Å². The molecule has 0 aliphatic rings. The van der Waals surface area contributed by atoms with E-state index < -0.39 is 24.3 Å². The van der Waals surface area contributed by atoms with E-state index >= 15 is 0 Å². The average Bonchev–Trinajstić information content (AvgIpc) is 2.64. The van der Waals surface area contributed by atoms with Gasteiger partial charge in [0.05, 0.1) is 17.2 Å². The molecular weight excluding hydrogens is 229 g/mol. The quantitative estimate of drug-likeness (QED) is 0.457. The summed E-state index contributed by atoms with van der Waals surface area (Å²) < 4.78 is 36.0. The van der Waals surface area contributed by atoms with Crippen LogP contribution in [-0.2, 0) is 4.79 Å². The highest BCUT2D eigenvalue weighted by atomic mass is 32.1. The fourth-order valence-electron chi connectivity index (χ4n) is 1.05. The Labute approximate surface area is 87.7 Å². The van der Waals surface area contributed by atoms with Gasteiger partial charge >= 0.3 is 6.18 Å². The van der Waals surface area contributed by atoms with Gasteiger partial charge in [0.2, 0.25) is 0 Å². The zero-order valence-corrected chi connectivity index (χ0v) is 8.27. The fourth-order valence-corrected chi connectivity index (χ4v) is 1.78. The molecule has 82 valence electrons. The number of Topliss-reactive ketones (excluding diaryl/α,β-unsaturated/α-hetero) is 1. The summed E-state index contributed by atoms with van der Waals surface area (Å²) in [5, 5.41) is 1.57. The van der Waals surface area contributed by atoms with Crippen LogP contribution in [0.25, 0.3) is 0 Å². The van der Waals surface area contributed by atoms with Crippen LogP contribution in [0.15, 0.2) is 17.5 Å². The first-order chi connectivity index (χ1) is 6.94. The average molecular weight is 236 g/mol. The van der Waals surface area contributed by atoms with Crippen LogP contribution in [0.3, 0.4) is 0 Å². The Kier molecular flexibility index (Phi) is 3.62. The van der Waals surface area contributed by atoms with Crippen molar-refractivity contribution < 1.29 is 22.8 Å². The third-order valence-electron chi connectivity index (χ3n) is 1.72. The van der Waals surface area contributed by atoms with E-state index in [1.165, 1.54) is 6.07 Å². The largest absolute Gasteiger partial charge is 0.390 e. The molecule has 0 aliphatic carbocycles. The Morgan fingerprint density at radius 1 is 1.53 bits per heavy atom. The van der Waals surface area contributed by atoms with Gasteiger partial charge in [0, 0.05) is 0 Å². The number of carbonyl (C=O) groups is 2. The molecule has 1 rings (SSSR count). The molecule has 6 heteroatoms. The van der Waals surface area contributed by atoms with Gasteiger partial charge in [0.25, 0.3) is 0 Å². The molecule has 1 aromatic rings. The van der Waals surface area contributed by atoms with Crippen LogP contribution < -0.4 is 0 Å². The van der Waals surface area contributed by atoms with E-state index in [1.807, 2.05) is 0 Å². The normalized spacial score (nSPS) is 13.5. The number of aldehydes is 1. The van der Waals surface area contributed by atoms with Crippen molar-refractivity contribution in [3.63, 3.8) is 0 Å². The molecule has 1 unspecified atom stereocenters. The first kappa shape index (κ1) is 11.9. The number of alkyl halides is 3. The number of thiophene rings is 1. The maximum atomic E-state index is 12.0. The lowest BCUT2D eigenvalue weighted by Gasteiger charge is -2.10. The standard InChI is InChI=1S/C9H7F3O2S/c10-9(11,12)4-6(5-13)8(14)7-2-1-3-15-7/h1-3,5-6H,4H2. The van der Waals surface area contributed by atoms with Gasteiger partial charge in [0.15, 0.2) is 5.78 Å². The predicted octanol–water partition coefficient (Wildman–Crippen LogP) is 2.70. The van der Waals surface area contributed by atoms with Gasteiger partial charge in [-0.2, -0.15) is 13.2 Å². The van der Waals surface area contributed by atoms with E-state index in [9.17, 15) is 22.8 Å². The van der Waals surface area contributed by atoms with Gasteiger partial charge in [-0.3, -0.25) is 4.79 Å². The molecule has 0 spiro atoms. The number of halogens is 3. The summed E-state index contributed by atoms with van der Waals surface area (Å²) in [7, 11) is 0. The molecule has 0 radical (unpaired) electrons. The minimum Gasteiger partial charge on any atom is -0.303 e. The van der Waals surface area contributed by atoms with E-state index in [0.717, 1.165) is 11.3 Å². The van der Waals surface area contributed by atoms with Gasteiger partial charge in [-0.05, 0) is 11.4 Å². The second-order valence-corrected chi connectivity index (χ2v) is 3.85. The van der Waals surface area contributed by atoms with Gasteiger partial charge in [0.1, 0.15) is 6.29 Å². The molecule has 1 atom stereocenters. The topological polar surface area (TPSA) is 34.1 Å². The van der Waals surface area contributed by atoms with E-state index in [0.29, 0.717) is 0 Å². The zero-order valence-electron chi connectivity index (χ0n) is 7.45. The van der Waals surface area contributed by atoms with Crippen LogP contribution in [0.2, 0.25) is 0 Å². The molecule has 0 fully saturated rings. The van der Waals surface area contributed by atoms with Crippen molar-refractivity contribution in [1.82, 2.24) is 0 Å². The van der Waals surface area contributed by atoms with Crippen molar-refractivity contribution in [3.05, 3.63) is 22.4 Å². The molecule has 0 N–H and O–H groups in total.